The van der Waals surface area contributed by atoms with Crippen LogP contribution in [0.5, 0.6) is 0 Å². The number of aryl methyl sites for hydroxylation is 1. The second kappa shape index (κ2) is 4.23. The summed E-state index contributed by atoms with van der Waals surface area (Å²) < 4.78 is 38.1. The van der Waals surface area contributed by atoms with Crippen molar-refractivity contribution >= 4 is 5.91 Å². The molecular weight excluding hydrogens is 237 g/mol. The van der Waals surface area contributed by atoms with E-state index < -0.39 is 29.2 Å². The second-order valence-corrected chi connectivity index (χ2v) is 3.67. The van der Waals surface area contributed by atoms with Crippen LogP contribution in [0.4, 0.5) is 13.2 Å². The molecule has 1 amide bonds. The fraction of sp³-hybridized carbons (Fsp3) is 0.400. The van der Waals surface area contributed by atoms with E-state index in [-0.39, 0.29) is 5.69 Å². The Labute approximate surface area is 94.8 Å². The van der Waals surface area contributed by atoms with Gasteiger partial charge in [-0.3, -0.25) is 9.59 Å². The van der Waals surface area contributed by atoms with E-state index in [2.05, 4.69) is 0 Å². The minimum atomic E-state index is -4.58. The van der Waals surface area contributed by atoms with Gasteiger partial charge < -0.3 is 10.3 Å². The lowest BCUT2D eigenvalue weighted by molar-refractivity contribution is -0.137. The molecule has 0 aliphatic rings. The monoisotopic (exact) mass is 248 g/mol. The Balaban J connectivity index is 3.40. The Kier molecular flexibility index (Phi) is 3.30. The Morgan fingerprint density at radius 3 is 2.29 bits per heavy atom. The minimum absolute atomic E-state index is 0.0381. The van der Waals surface area contributed by atoms with Crippen LogP contribution in [-0.2, 0) is 11.0 Å². The lowest BCUT2D eigenvalue weighted by Gasteiger charge is -2.16. The lowest BCUT2D eigenvalue weighted by atomic mass is 10.2. The van der Waals surface area contributed by atoms with E-state index in [1.807, 2.05) is 0 Å². The Hall–Kier alpha value is -1.79. The summed E-state index contributed by atoms with van der Waals surface area (Å²) in [6, 6.07) is 0.276. The minimum Gasteiger partial charge on any atom is -0.368 e. The van der Waals surface area contributed by atoms with Gasteiger partial charge in [-0.2, -0.15) is 13.2 Å². The van der Waals surface area contributed by atoms with E-state index in [4.69, 9.17) is 5.73 Å². The zero-order valence-corrected chi connectivity index (χ0v) is 9.21. The summed E-state index contributed by atoms with van der Waals surface area (Å²) in [6.07, 6.45) is -4.58. The largest absolute Gasteiger partial charge is 0.416 e. The van der Waals surface area contributed by atoms with Gasteiger partial charge in [-0.05, 0) is 19.9 Å². The van der Waals surface area contributed by atoms with Crippen molar-refractivity contribution in [2.24, 2.45) is 5.73 Å². The average molecular weight is 248 g/mol. The van der Waals surface area contributed by atoms with Gasteiger partial charge in [-0.25, -0.2) is 0 Å². The summed E-state index contributed by atoms with van der Waals surface area (Å²) in [5.74, 6) is -0.782. The zero-order valence-electron chi connectivity index (χ0n) is 9.21. The molecule has 0 aliphatic heterocycles. The third kappa shape index (κ3) is 2.66. The molecule has 7 heteroatoms. The third-order valence-corrected chi connectivity index (χ3v) is 2.39. The highest BCUT2D eigenvalue weighted by Gasteiger charge is 2.32. The molecule has 17 heavy (non-hydrogen) atoms. The number of carbonyl (C=O) groups is 1. The standard InChI is InChI=1S/C10H11F3N2O2/c1-5-3-7(10(11,12)13)4-8(16)15(5)6(2)9(14)17/h3-4,6H,1-2H3,(H2,14,17)/t6-/m1/s1. The van der Waals surface area contributed by atoms with Crippen molar-refractivity contribution in [3.63, 3.8) is 0 Å². The molecule has 94 valence electrons. The molecule has 0 aliphatic carbocycles. The number of rotatable bonds is 2. The summed E-state index contributed by atoms with van der Waals surface area (Å²) in [6.45, 7) is 2.67. The molecule has 2 N–H and O–H groups in total. The van der Waals surface area contributed by atoms with Gasteiger partial charge in [0.2, 0.25) is 5.91 Å². The molecule has 4 nitrogen and oxygen atoms in total. The number of hydrogen-bond acceptors (Lipinski definition) is 2. The molecule has 1 aromatic heterocycles. The molecule has 0 aromatic carbocycles. The third-order valence-electron chi connectivity index (χ3n) is 2.39. The van der Waals surface area contributed by atoms with Gasteiger partial charge in [-0.1, -0.05) is 0 Å². The van der Waals surface area contributed by atoms with Gasteiger partial charge in [0.25, 0.3) is 5.56 Å². The normalized spacial score (nSPS) is 13.5. The van der Waals surface area contributed by atoms with E-state index in [0.29, 0.717) is 6.07 Å². The highest BCUT2D eigenvalue weighted by Crippen LogP contribution is 2.28. The van der Waals surface area contributed by atoms with Crippen molar-refractivity contribution in [1.82, 2.24) is 4.57 Å². The molecule has 1 rings (SSSR count). The van der Waals surface area contributed by atoms with E-state index in [9.17, 15) is 22.8 Å². The first-order valence-corrected chi connectivity index (χ1v) is 4.74. The highest BCUT2D eigenvalue weighted by atomic mass is 19.4. The maximum absolute atomic E-state index is 12.4. The van der Waals surface area contributed by atoms with Crippen LogP contribution < -0.4 is 11.3 Å². The SMILES string of the molecule is Cc1cc(C(F)(F)F)cc(=O)n1[C@H](C)C(N)=O. The molecule has 0 unspecified atom stereocenters. The molecule has 1 atom stereocenters. The van der Waals surface area contributed by atoms with Gasteiger partial charge >= 0.3 is 6.18 Å². The molecule has 0 spiro atoms. The number of halogens is 3. The van der Waals surface area contributed by atoms with Gasteiger partial charge in [0.15, 0.2) is 0 Å². The molecule has 0 fully saturated rings. The van der Waals surface area contributed by atoms with Crippen LogP contribution in [0.1, 0.15) is 24.2 Å². The molecular formula is C10H11F3N2O2. The Bertz CT molecular complexity index is 505. The summed E-state index contributed by atoms with van der Waals surface area (Å²) in [4.78, 5) is 22.4. The number of primary amides is 1. The predicted molar refractivity (Wildman–Crippen MR) is 54.3 cm³/mol. The number of amides is 1. The van der Waals surface area contributed by atoms with Crippen LogP contribution in [0.25, 0.3) is 0 Å². The van der Waals surface area contributed by atoms with Gasteiger partial charge in [0, 0.05) is 11.8 Å². The highest BCUT2D eigenvalue weighted by molar-refractivity contribution is 5.78. The molecule has 0 saturated heterocycles. The van der Waals surface area contributed by atoms with Crippen LogP contribution in [0.3, 0.4) is 0 Å². The Morgan fingerprint density at radius 1 is 1.41 bits per heavy atom. The number of aromatic nitrogens is 1. The van der Waals surface area contributed by atoms with E-state index in [0.717, 1.165) is 10.6 Å². The topological polar surface area (TPSA) is 65.1 Å². The summed E-state index contributed by atoms with van der Waals surface area (Å²) in [7, 11) is 0. The van der Waals surface area contributed by atoms with Crippen molar-refractivity contribution < 1.29 is 18.0 Å². The fourth-order valence-electron chi connectivity index (χ4n) is 1.50. The van der Waals surface area contributed by atoms with Crippen molar-refractivity contribution in [2.75, 3.05) is 0 Å². The lowest BCUT2D eigenvalue weighted by Crippen LogP contribution is -2.34. The number of nitrogens with zero attached hydrogens (tertiary/aromatic N) is 1. The van der Waals surface area contributed by atoms with E-state index in [1.165, 1.54) is 13.8 Å². The maximum atomic E-state index is 12.4. The number of nitrogens with two attached hydrogens (primary N) is 1. The van der Waals surface area contributed by atoms with Crippen molar-refractivity contribution in [2.45, 2.75) is 26.1 Å². The van der Waals surface area contributed by atoms with Gasteiger partial charge in [-0.15, -0.1) is 0 Å². The molecule has 0 radical (unpaired) electrons. The van der Waals surface area contributed by atoms with Crippen LogP contribution in [-0.4, -0.2) is 10.5 Å². The van der Waals surface area contributed by atoms with E-state index >= 15 is 0 Å². The Morgan fingerprint density at radius 2 is 1.94 bits per heavy atom. The van der Waals surface area contributed by atoms with Crippen molar-refractivity contribution in [1.29, 1.82) is 0 Å². The fourth-order valence-corrected chi connectivity index (χ4v) is 1.50. The number of carbonyl (C=O) groups excluding carboxylic acids is 1. The van der Waals surface area contributed by atoms with Crippen LogP contribution >= 0.6 is 0 Å². The average Bonchev–Trinajstić information content (AvgIpc) is 2.14. The first kappa shape index (κ1) is 13.3. The van der Waals surface area contributed by atoms with Gasteiger partial charge in [0.1, 0.15) is 6.04 Å². The number of hydrogen-bond donors (Lipinski definition) is 1. The predicted octanol–water partition coefficient (Wildman–Crippen LogP) is 1.22. The van der Waals surface area contributed by atoms with Crippen molar-refractivity contribution in [3.8, 4) is 0 Å². The smallest absolute Gasteiger partial charge is 0.368 e. The summed E-state index contributed by atoms with van der Waals surface area (Å²) in [5.41, 5.74) is 3.11. The van der Waals surface area contributed by atoms with Crippen molar-refractivity contribution in [3.05, 3.63) is 33.7 Å². The molecule has 1 aromatic rings. The first-order valence-electron chi connectivity index (χ1n) is 4.74. The second-order valence-electron chi connectivity index (χ2n) is 3.67. The first-order chi connectivity index (χ1) is 7.64. The zero-order chi connectivity index (χ0) is 13.4. The number of pyridine rings is 1. The van der Waals surface area contributed by atoms with E-state index in [1.54, 1.807) is 0 Å². The maximum Gasteiger partial charge on any atom is 0.416 e. The van der Waals surface area contributed by atoms with Crippen LogP contribution in [0, 0.1) is 6.92 Å². The van der Waals surface area contributed by atoms with Crippen LogP contribution in [0.15, 0.2) is 16.9 Å². The summed E-state index contributed by atoms with van der Waals surface area (Å²) >= 11 is 0. The molecule has 1 heterocycles. The van der Waals surface area contributed by atoms with Gasteiger partial charge in [0.05, 0.1) is 5.56 Å². The molecule has 0 saturated carbocycles. The van der Waals surface area contributed by atoms with Crippen LogP contribution in [0.2, 0.25) is 0 Å². The quantitative estimate of drug-likeness (QED) is 0.855. The number of alkyl halides is 3. The summed E-state index contributed by atoms with van der Waals surface area (Å²) in [5, 5.41) is 0. The molecule has 0 bridgehead atoms.